The first-order valence-electron chi connectivity index (χ1n) is 3.66. The molecule has 10 heavy (non-hydrogen) atoms. The highest BCUT2D eigenvalue weighted by Gasteiger charge is 1.98. The summed E-state index contributed by atoms with van der Waals surface area (Å²) in [4.78, 5) is 10.4. The maximum atomic E-state index is 10.4. The Morgan fingerprint density at radius 3 is 2.50 bits per heavy atom. The van der Waals surface area contributed by atoms with Crippen LogP contribution in [0.5, 0.6) is 0 Å². The molecule has 0 atom stereocenters. The van der Waals surface area contributed by atoms with E-state index >= 15 is 0 Å². The van der Waals surface area contributed by atoms with Crippen LogP contribution in [0.3, 0.4) is 0 Å². The van der Waals surface area contributed by atoms with Gasteiger partial charge in [0.05, 0.1) is 0 Å². The van der Waals surface area contributed by atoms with E-state index in [9.17, 15) is 4.79 Å². The van der Waals surface area contributed by atoms with Crippen molar-refractivity contribution in [1.29, 1.82) is 0 Å². The Kier molecular flexibility index (Phi) is 4.63. The second-order valence-electron chi connectivity index (χ2n) is 2.42. The Morgan fingerprint density at radius 2 is 2.10 bits per heavy atom. The minimum Gasteiger partial charge on any atom is -0.366 e. The number of primary amides is 1. The quantitative estimate of drug-likeness (QED) is 0.458. The molecule has 0 spiro atoms. The predicted octanol–water partition coefficient (Wildman–Crippen LogP) is 1.61. The van der Waals surface area contributed by atoms with Crippen LogP contribution in [0, 0.1) is 0 Å². The molecule has 0 aliphatic heterocycles. The van der Waals surface area contributed by atoms with Crippen molar-refractivity contribution >= 4 is 5.91 Å². The molecule has 0 bridgehead atoms. The first kappa shape index (κ1) is 9.21. The number of carbonyl (C=O) groups excluding carboxylic acids is 1. The van der Waals surface area contributed by atoms with E-state index in [1.165, 1.54) is 0 Å². The fourth-order valence-corrected chi connectivity index (χ4v) is 0.712. The fourth-order valence-electron chi connectivity index (χ4n) is 0.712. The van der Waals surface area contributed by atoms with Gasteiger partial charge in [-0.25, -0.2) is 0 Å². The van der Waals surface area contributed by atoms with Gasteiger partial charge in [0.25, 0.3) is 0 Å². The van der Waals surface area contributed by atoms with Crippen molar-refractivity contribution in [3.8, 4) is 0 Å². The number of hydrogen-bond acceptors (Lipinski definition) is 1. The van der Waals surface area contributed by atoms with Gasteiger partial charge in [-0.2, -0.15) is 0 Å². The third-order valence-electron chi connectivity index (χ3n) is 1.43. The smallest absolute Gasteiger partial charge is 0.244 e. The first-order chi connectivity index (χ1) is 4.68. The van der Waals surface area contributed by atoms with Crippen LogP contribution in [0.25, 0.3) is 0 Å². The van der Waals surface area contributed by atoms with Gasteiger partial charge in [0.1, 0.15) is 0 Å². The van der Waals surface area contributed by atoms with Crippen molar-refractivity contribution in [1.82, 2.24) is 0 Å². The highest BCUT2D eigenvalue weighted by atomic mass is 16.1. The maximum absolute atomic E-state index is 10.4. The highest BCUT2D eigenvalue weighted by molar-refractivity contribution is 5.91. The third-order valence-corrected chi connectivity index (χ3v) is 1.43. The van der Waals surface area contributed by atoms with Gasteiger partial charge in [-0.15, -0.1) is 0 Å². The third kappa shape index (κ3) is 4.13. The topological polar surface area (TPSA) is 43.1 Å². The lowest BCUT2D eigenvalue weighted by Crippen LogP contribution is -2.12. The van der Waals surface area contributed by atoms with Gasteiger partial charge in [-0.3, -0.25) is 4.79 Å². The molecule has 0 heterocycles. The van der Waals surface area contributed by atoms with E-state index in [2.05, 4.69) is 13.5 Å². The van der Waals surface area contributed by atoms with Gasteiger partial charge in [0, 0.05) is 5.57 Å². The number of rotatable bonds is 5. The lowest BCUT2D eigenvalue weighted by atomic mass is 10.1. The van der Waals surface area contributed by atoms with E-state index in [0.717, 1.165) is 25.7 Å². The second-order valence-corrected chi connectivity index (χ2v) is 2.42. The number of carbonyl (C=O) groups is 1. The molecule has 0 aromatic rings. The van der Waals surface area contributed by atoms with E-state index in [4.69, 9.17) is 5.73 Å². The molecule has 2 heteroatoms. The molecule has 0 aliphatic carbocycles. The fraction of sp³-hybridized carbons (Fsp3) is 0.625. The average Bonchev–Trinajstić information content (AvgIpc) is 1.88. The summed E-state index contributed by atoms with van der Waals surface area (Å²) in [6, 6.07) is 0. The van der Waals surface area contributed by atoms with Crippen molar-refractivity contribution in [2.45, 2.75) is 32.6 Å². The molecule has 0 saturated carbocycles. The van der Waals surface area contributed by atoms with E-state index in [0.29, 0.717) is 5.57 Å². The molecule has 0 aliphatic rings. The van der Waals surface area contributed by atoms with Crippen LogP contribution in [-0.4, -0.2) is 5.91 Å². The Labute approximate surface area is 62.1 Å². The maximum Gasteiger partial charge on any atom is 0.244 e. The SMILES string of the molecule is C=C(CCCCC)C(N)=O. The Morgan fingerprint density at radius 1 is 1.50 bits per heavy atom. The molecule has 0 unspecified atom stereocenters. The van der Waals surface area contributed by atoms with Crippen LogP contribution in [-0.2, 0) is 4.79 Å². The number of nitrogens with two attached hydrogens (primary N) is 1. The molecule has 0 aromatic heterocycles. The molecule has 2 nitrogen and oxygen atoms in total. The molecule has 0 radical (unpaired) electrons. The van der Waals surface area contributed by atoms with Crippen LogP contribution in [0.1, 0.15) is 32.6 Å². The Hall–Kier alpha value is -0.790. The van der Waals surface area contributed by atoms with E-state index < -0.39 is 0 Å². The van der Waals surface area contributed by atoms with Gasteiger partial charge >= 0.3 is 0 Å². The second kappa shape index (κ2) is 5.03. The van der Waals surface area contributed by atoms with Crippen molar-refractivity contribution in [2.24, 2.45) is 5.73 Å². The lowest BCUT2D eigenvalue weighted by molar-refractivity contribution is -0.114. The van der Waals surface area contributed by atoms with Crippen LogP contribution in [0.2, 0.25) is 0 Å². The van der Waals surface area contributed by atoms with Crippen molar-refractivity contribution in [3.63, 3.8) is 0 Å². The normalized spacial score (nSPS) is 9.30. The minimum atomic E-state index is -0.365. The summed E-state index contributed by atoms with van der Waals surface area (Å²) < 4.78 is 0. The van der Waals surface area contributed by atoms with Gasteiger partial charge in [0.2, 0.25) is 5.91 Å². The van der Waals surface area contributed by atoms with E-state index in [1.54, 1.807) is 0 Å². The molecule has 0 fully saturated rings. The molecule has 0 aromatic carbocycles. The van der Waals surface area contributed by atoms with Crippen LogP contribution >= 0.6 is 0 Å². The number of hydrogen-bond donors (Lipinski definition) is 1. The summed E-state index contributed by atoms with van der Waals surface area (Å²) in [5, 5.41) is 0. The zero-order chi connectivity index (χ0) is 7.98. The molecular formula is C8H15NO. The van der Waals surface area contributed by atoms with Crippen LogP contribution in [0.15, 0.2) is 12.2 Å². The zero-order valence-corrected chi connectivity index (χ0v) is 6.52. The van der Waals surface area contributed by atoms with Crippen LogP contribution in [0.4, 0.5) is 0 Å². The summed E-state index contributed by atoms with van der Waals surface area (Å²) in [5.41, 5.74) is 5.53. The van der Waals surface area contributed by atoms with Gasteiger partial charge < -0.3 is 5.73 Å². The van der Waals surface area contributed by atoms with Gasteiger partial charge in [0.15, 0.2) is 0 Å². The highest BCUT2D eigenvalue weighted by Crippen LogP contribution is 2.05. The zero-order valence-electron chi connectivity index (χ0n) is 6.52. The number of unbranched alkanes of at least 4 members (excludes halogenated alkanes) is 2. The van der Waals surface area contributed by atoms with Crippen molar-refractivity contribution in [2.75, 3.05) is 0 Å². The minimum absolute atomic E-state index is 0.365. The average molecular weight is 141 g/mol. The van der Waals surface area contributed by atoms with Gasteiger partial charge in [-0.1, -0.05) is 26.3 Å². The molecule has 0 rings (SSSR count). The standard InChI is InChI=1S/C8H15NO/c1-3-4-5-6-7(2)8(9)10/h2-6H2,1H3,(H2,9,10). The van der Waals surface area contributed by atoms with Crippen molar-refractivity contribution in [3.05, 3.63) is 12.2 Å². The molecule has 2 N–H and O–H groups in total. The summed E-state index contributed by atoms with van der Waals surface area (Å²) in [5.74, 6) is -0.365. The Balaban J connectivity index is 3.31. The summed E-state index contributed by atoms with van der Waals surface area (Å²) in [6.45, 7) is 5.67. The Bertz CT molecular complexity index is 129. The molecule has 58 valence electrons. The van der Waals surface area contributed by atoms with E-state index in [-0.39, 0.29) is 5.91 Å². The summed E-state index contributed by atoms with van der Waals surface area (Å²) >= 11 is 0. The monoisotopic (exact) mass is 141 g/mol. The lowest BCUT2D eigenvalue weighted by Gasteiger charge is -1.98. The predicted molar refractivity (Wildman–Crippen MR) is 42.5 cm³/mol. The summed E-state index contributed by atoms with van der Waals surface area (Å²) in [7, 11) is 0. The molecule has 0 saturated heterocycles. The van der Waals surface area contributed by atoms with Crippen molar-refractivity contribution < 1.29 is 4.79 Å². The largest absolute Gasteiger partial charge is 0.366 e. The molecule has 1 amide bonds. The molecular weight excluding hydrogens is 126 g/mol. The van der Waals surface area contributed by atoms with Gasteiger partial charge in [-0.05, 0) is 12.8 Å². The summed E-state index contributed by atoms with van der Waals surface area (Å²) in [6.07, 6.45) is 4.08. The van der Waals surface area contributed by atoms with Crippen LogP contribution < -0.4 is 5.73 Å². The van der Waals surface area contributed by atoms with E-state index in [1.807, 2.05) is 0 Å². The number of amides is 1. The first-order valence-corrected chi connectivity index (χ1v) is 3.66.